The van der Waals surface area contributed by atoms with Crippen molar-refractivity contribution in [3.8, 4) is 0 Å². The van der Waals surface area contributed by atoms with Gasteiger partial charge in [-0.25, -0.2) is 4.98 Å². The van der Waals surface area contributed by atoms with Crippen LogP contribution in [0.3, 0.4) is 0 Å². The Morgan fingerprint density at radius 1 is 1.53 bits per heavy atom. The van der Waals surface area contributed by atoms with Gasteiger partial charge in [0.2, 0.25) is 0 Å². The molecule has 0 radical (unpaired) electrons. The highest BCUT2D eigenvalue weighted by atomic mass is 32.1. The fourth-order valence-electron chi connectivity index (χ4n) is 1.84. The molecule has 0 atom stereocenters. The number of anilines is 1. The molecule has 0 unspecified atom stereocenters. The van der Waals surface area contributed by atoms with Gasteiger partial charge >= 0.3 is 0 Å². The molecule has 3 nitrogen and oxygen atoms in total. The molecule has 0 bridgehead atoms. The minimum atomic E-state index is 0.687. The first kappa shape index (κ1) is 12.8. The summed E-state index contributed by atoms with van der Waals surface area (Å²) < 4.78 is 0. The second-order valence-corrected chi connectivity index (χ2v) is 6.05. The summed E-state index contributed by atoms with van der Waals surface area (Å²) in [6.45, 7) is 9.78. The molecule has 1 aromatic heterocycles. The van der Waals surface area contributed by atoms with Gasteiger partial charge in [-0.2, -0.15) is 0 Å². The Kier molecular flexibility index (Phi) is 4.40. The maximum atomic E-state index is 4.72. The molecule has 17 heavy (non-hydrogen) atoms. The molecule has 1 N–H and O–H groups in total. The molecule has 1 heterocycles. The minimum absolute atomic E-state index is 0.687. The highest BCUT2D eigenvalue weighted by Crippen LogP contribution is 2.23. The Morgan fingerprint density at radius 3 is 2.88 bits per heavy atom. The van der Waals surface area contributed by atoms with Crippen molar-refractivity contribution in [1.82, 2.24) is 10.3 Å². The monoisotopic (exact) mass is 253 g/mol. The number of nitrogens with one attached hydrogen (secondary N) is 1. The van der Waals surface area contributed by atoms with Gasteiger partial charge in [-0.15, -0.1) is 11.3 Å². The largest absolute Gasteiger partial charge is 0.348 e. The zero-order valence-electron chi connectivity index (χ0n) is 11.1. The number of nitrogens with zero attached hydrogens (tertiary/aromatic N) is 2. The van der Waals surface area contributed by atoms with E-state index in [-0.39, 0.29) is 0 Å². The number of thiazole rings is 1. The number of hydrogen-bond donors (Lipinski definition) is 1. The smallest absolute Gasteiger partial charge is 0.185 e. The van der Waals surface area contributed by atoms with Crippen molar-refractivity contribution >= 4 is 16.5 Å². The van der Waals surface area contributed by atoms with Crippen molar-refractivity contribution in [2.75, 3.05) is 18.0 Å². The lowest BCUT2D eigenvalue weighted by molar-refractivity contribution is 0.616. The predicted octanol–water partition coefficient (Wildman–Crippen LogP) is 2.88. The third kappa shape index (κ3) is 3.96. The van der Waals surface area contributed by atoms with Crippen LogP contribution in [0, 0.1) is 5.92 Å². The topological polar surface area (TPSA) is 28.2 Å². The molecule has 1 aliphatic rings. The molecule has 1 aromatic rings. The maximum Gasteiger partial charge on any atom is 0.185 e. The molecule has 0 saturated heterocycles. The third-order valence-corrected chi connectivity index (χ3v) is 3.88. The quantitative estimate of drug-likeness (QED) is 0.810. The molecule has 0 spiro atoms. The first-order valence-electron chi connectivity index (χ1n) is 6.61. The molecule has 4 heteroatoms. The van der Waals surface area contributed by atoms with Crippen LogP contribution >= 0.6 is 11.3 Å². The van der Waals surface area contributed by atoms with Gasteiger partial charge in [-0.1, -0.05) is 13.8 Å². The molecule has 1 aliphatic carbocycles. The molecule has 0 aliphatic heterocycles. The lowest BCUT2D eigenvalue weighted by Crippen LogP contribution is -2.27. The highest BCUT2D eigenvalue weighted by molar-refractivity contribution is 7.13. The summed E-state index contributed by atoms with van der Waals surface area (Å²) in [6, 6.07) is 0.762. The summed E-state index contributed by atoms with van der Waals surface area (Å²) in [5.41, 5.74) is 1.19. The summed E-state index contributed by atoms with van der Waals surface area (Å²) in [6.07, 6.45) is 2.68. The van der Waals surface area contributed by atoms with E-state index >= 15 is 0 Å². The van der Waals surface area contributed by atoms with Crippen LogP contribution in [0.15, 0.2) is 5.38 Å². The Balaban J connectivity index is 1.89. The molecule has 96 valence electrons. The Morgan fingerprint density at radius 2 is 2.29 bits per heavy atom. The van der Waals surface area contributed by atoms with Gasteiger partial charge in [0.05, 0.1) is 5.69 Å². The zero-order valence-corrected chi connectivity index (χ0v) is 11.9. The van der Waals surface area contributed by atoms with E-state index in [0.717, 1.165) is 25.7 Å². The van der Waals surface area contributed by atoms with E-state index in [2.05, 4.69) is 36.4 Å². The third-order valence-electron chi connectivity index (χ3n) is 2.93. The van der Waals surface area contributed by atoms with Gasteiger partial charge in [0.25, 0.3) is 0 Å². The lowest BCUT2D eigenvalue weighted by Gasteiger charge is -2.21. The van der Waals surface area contributed by atoms with E-state index in [1.54, 1.807) is 11.3 Å². The van der Waals surface area contributed by atoms with E-state index in [1.165, 1.54) is 23.7 Å². The Bertz CT molecular complexity index is 344. The van der Waals surface area contributed by atoms with Crippen molar-refractivity contribution in [2.24, 2.45) is 5.92 Å². The second kappa shape index (κ2) is 5.83. The van der Waals surface area contributed by atoms with Crippen LogP contribution in [0.2, 0.25) is 0 Å². The normalized spacial score (nSPS) is 15.5. The summed E-state index contributed by atoms with van der Waals surface area (Å²) in [5, 5.41) is 6.87. The standard InChI is InChI=1S/C13H23N3S/c1-4-16(8-10(2)3)13-15-12(9-17-13)7-14-11-5-6-11/h9-11,14H,4-8H2,1-3H3. The van der Waals surface area contributed by atoms with Crippen molar-refractivity contribution < 1.29 is 0 Å². The molecular formula is C13H23N3S. The van der Waals surface area contributed by atoms with Crippen molar-refractivity contribution in [1.29, 1.82) is 0 Å². The van der Waals surface area contributed by atoms with Crippen molar-refractivity contribution in [3.63, 3.8) is 0 Å². The van der Waals surface area contributed by atoms with E-state index < -0.39 is 0 Å². The van der Waals surface area contributed by atoms with E-state index in [9.17, 15) is 0 Å². The fourth-order valence-corrected chi connectivity index (χ4v) is 2.74. The van der Waals surface area contributed by atoms with Gasteiger partial charge in [0.15, 0.2) is 5.13 Å². The first-order valence-corrected chi connectivity index (χ1v) is 7.49. The average molecular weight is 253 g/mol. The maximum absolute atomic E-state index is 4.72. The first-order chi connectivity index (χ1) is 8.19. The fraction of sp³-hybridized carbons (Fsp3) is 0.769. The van der Waals surface area contributed by atoms with Gasteiger partial charge < -0.3 is 10.2 Å². The molecule has 1 fully saturated rings. The second-order valence-electron chi connectivity index (χ2n) is 5.21. The summed E-state index contributed by atoms with van der Waals surface area (Å²) >= 11 is 1.77. The van der Waals surface area contributed by atoms with Crippen LogP contribution in [-0.2, 0) is 6.54 Å². The summed E-state index contributed by atoms with van der Waals surface area (Å²) in [7, 11) is 0. The summed E-state index contributed by atoms with van der Waals surface area (Å²) in [5.74, 6) is 0.687. The SMILES string of the molecule is CCN(CC(C)C)c1nc(CNC2CC2)cs1. The van der Waals surface area contributed by atoms with Gasteiger partial charge in [-0.05, 0) is 25.7 Å². The molecule has 2 rings (SSSR count). The zero-order chi connectivity index (χ0) is 12.3. The van der Waals surface area contributed by atoms with Crippen LogP contribution in [0.25, 0.3) is 0 Å². The van der Waals surface area contributed by atoms with Gasteiger partial charge in [0, 0.05) is 31.1 Å². The molecular weight excluding hydrogens is 230 g/mol. The molecule has 0 aromatic carbocycles. The Hall–Kier alpha value is -0.610. The highest BCUT2D eigenvalue weighted by Gasteiger charge is 2.20. The Labute approximate surface area is 108 Å². The van der Waals surface area contributed by atoms with Gasteiger partial charge in [0.1, 0.15) is 0 Å². The molecule has 0 amide bonds. The van der Waals surface area contributed by atoms with Crippen LogP contribution in [-0.4, -0.2) is 24.1 Å². The average Bonchev–Trinajstić information content (AvgIpc) is 3.01. The van der Waals surface area contributed by atoms with Crippen LogP contribution in [0.4, 0.5) is 5.13 Å². The van der Waals surface area contributed by atoms with Crippen molar-refractivity contribution in [3.05, 3.63) is 11.1 Å². The van der Waals surface area contributed by atoms with E-state index in [0.29, 0.717) is 5.92 Å². The van der Waals surface area contributed by atoms with Crippen molar-refractivity contribution in [2.45, 2.75) is 46.2 Å². The number of hydrogen-bond acceptors (Lipinski definition) is 4. The van der Waals surface area contributed by atoms with E-state index in [4.69, 9.17) is 4.98 Å². The summed E-state index contributed by atoms with van der Waals surface area (Å²) in [4.78, 5) is 7.09. The van der Waals surface area contributed by atoms with Crippen LogP contribution in [0.1, 0.15) is 39.3 Å². The van der Waals surface area contributed by atoms with Crippen LogP contribution < -0.4 is 10.2 Å². The minimum Gasteiger partial charge on any atom is -0.348 e. The van der Waals surface area contributed by atoms with Crippen LogP contribution in [0.5, 0.6) is 0 Å². The number of aromatic nitrogens is 1. The molecule has 1 saturated carbocycles. The van der Waals surface area contributed by atoms with Gasteiger partial charge in [-0.3, -0.25) is 0 Å². The predicted molar refractivity (Wildman–Crippen MR) is 74.7 cm³/mol. The lowest BCUT2D eigenvalue weighted by atomic mass is 10.2. The van der Waals surface area contributed by atoms with E-state index in [1.807, 2.05) is 0 Å². The number of rotatable bonds is 7.